The smallest absolute Gasteiger partial charge is 0.416 e. The summed E-state index contributed by atoms with van der Waals surface area (Å²) >= 11 is 0. The van der Waals surface area contributed by atoms with Gasteiger partial charge in [0.25, 0.3) is 0 Å². The van der Waals surface area contributed by atoms with Crippen LogP contribution in [0.3, 0.4) is 0 Å². The lowest BCUT2D eigenvalue weighted by atomic mass is 10.1. The van der Waals surface area contributed by atoms with E-state index in [2.05, 4.69) is 10.0 Å². The summed E-state index contributed by atoms with van der Waals surface area (Å²) in [5.41, 5.74) is 0.446. The van der Waals surface area contributed by atoms with Gasteiger partial charge < -0.3 is 10.4 Å². The summed E-state index contributed by atoms with van der Waals surface area (Å²) in [4.78, 5) is 25.1. The molecule has 0 saturated carbocycles. The van der Waals surface area contributed by atoms with Gasteiger partial charge in [-0.15, -0.1) is 0 Å². The molecule has 3 aromatic carbocycles. The Morgan fingerprint density at radius 2 is 1.44 bits per heavy atom. The first-order chi connectivity index (χ1) is 22.4. The van der Waals surface area contributed by atoms with Crippen molar-refractivity contribution in [3.05, 3.63) is 95.6 Å². The highest BCUT2D eigenvalue weighted by Gasteiger charge is 2.36. The number of halogens is 3. The van der Waals surface area contributed by atoms with Crippen molar-refractivity contribution in [3.8, 4) is 0 Å². The molecular formula is C33H40F3N3O7S2. The Kier molecular flexibility index (Phi) is 13.3. The average Bonchev–Trinajstić information content (AvgIpc) is 3.01. The van der Waals surface area contributed by atoms with Gasteiger partial charge in [0.15, 0.2) is 0 Å². The molecule has 3 aromatic rings. The summed E-state index contributed by atoms with van der Waals surface area (Å²) in [6.07, 6.45) is -4.29. The molecule has 2 atom stereocenters. The fourth-order valence-corrected chi connectivity index (χ4v) is 7.87. The third-order valence-corrected chi connectivity index (χ3v) is 10.8. The number of sulfonamides is 2. The maximum atomic E-state index is 13.5. The number of alkyl halides is 3. The van der Waals surface area contributed by atoms with E-state index in [1.807, 2.05) is 0 Å². The third-order valence-electron chi connectivity index (χ3n) is 7.40. The van der Waals surface area contributed by atoms with E-state index in [0.717, 1.165) is 22.0 Å². The van der Waals surface area contributed by atoms with Crippen LogP contribution in [0, 0.1) is 12.8 Å². The normalized spacial score (nSPS) is 13.8. The zero-order valence-corrected chi connectivity index (χ0v) is 28.4. The second-order valence-corrected chi connectivity index (χ2v) is 15.4. The molecule has 0 radical (unpaired) electrons. The van der Waals surface area contributed by atoms with Crippen molar-refractivity contribution in [1.82, 2.24) is 14.3 Å². The van der Waals surface area contributed by atoms with Gasteiger partial charge in [0.2, 0.25) is 26.0 Å². The lowest BCUT2D eigenvalue weighted by Gasteiger charge is -2.29. The number of amides is 1. The molecule has 0 aliphatic heterocycles. The summed E-state index contributed by atoms with van der Waals surface area (Å²) in [5.74, 6) is -2.18. The van der Waals surface area contributed by atoms with E-state index in [1.165, 1.54) is 12.1 Å². The van der Waals surface area contributed by atoms with Crippen LogP contribution in [0.5, 0.6) is 0 Å². The van der Waals surface area contributed by atoms with Crippen LogP contribution >= 0.6 is 0 Å². The zero-order chi connectivity index (χ0) is 35.7. The Morgan fingerprint density at radius 3 is 1.98 bits per heavy atom. The first kappa shape index (κ1) is 38.7. The Hall–Kier alpha value is -3.79. The average molecular weight is 712 g/mol. The van der Waals surface area contributed by atoms with E-state index in [1.54, 1.807) is 63.2 Å². The van der Waals surface area contributed by atoms with Gasteiger partial charge >= 0.3 is 12.1 Å². The van der Waals surface area contributed by atoms with Crippen LogP contribution in [0.1, 0.15) is 49.8 Å². The summed E-state index contributed by atoms with van der Waals surface area (Å²) in [5, 5.41) is 12.7. The van der Waals surface area contributed by atoms with Crippen molar-refractivity contribution in [2.45, 2.75) is 74.5 Å². The van der Waals surface area contributed by atoms with Crippen LogP contribution in [-0.4, -0.2) is 63.3 Å². The van der Waals surface area contributed by atoms with Crippen LogP contribution in [0.4, 0.5) is 13.2 Å². The number of aliphatic carboxylic acids is 1. The molecule has 48 heavy (non-hydrogen) atoms. The highest BCUT2D eigenvalue weighted by Crippen LogP contribution is 2.30. The fraction of sp³-hybridized carbons (Fsp3) is 0.394. The maximum Gasteiger partial charge on any atom is 0.416 e. The SMILES string of the molecule is Cc1ccc(S(=O)(=O)N(CC(C)C)[C@@H](CCCCNC(=O)[C@H](Cc2ccccc2)NS(=O)(=O)c2ccc(C(F)(F)F)cc2)C(=O)O)cc1. The molecule has 0 fully saturated rings. The van der Waals surface area contributed by atoms with Crippen molar-refractivity contribution in [3.63, 3.8) is 0 Å². The predicted octanol–water partition coefficient (Wildman–Crippen LogP) is 4.99. The Balaban J connectivity index is 1.69. The number of nitrogens with one attached hydrogen (secondary N) is 2. The number of rotatable bonds is 17. The van der Waals surface area contributed by atoms with Crippen LogP contribution in [0.15, 0.2) is 88.7 Å². The van der Waals surface area contributed by atoms with E-state index in [4.69, 9.17) is 0 Å². The molecule has 0 spiro atoms. The van der Waals surface area contributed by atoms with Gasteiger partial charge in [0, 0.05) is 13.1 Å². The molecule has 15 heteroatoms. The highest BCUT2D eigenvalue weighted by molar-refractivity contribution is 7.89. The number of unbranched alkanes of at least 4 members (excludes halogenated alkanes) is 1. The number of aryl methyl sites for hydroxylation is 1. The molecule has 0 aliphatic carbocycles. The lowest BCUT2D eigenvalue weighted by molar-refractivity contribution is -0.142. The standard InChI is InChI=1S/C33H40F3N3O7S2/c1-23(2)22-39(48(45,46)28-16-12-24(3)13-17-28)30(32(41)42)11-7-8-20-37-31(40)29(21-25-9-5-4-6-10-25)38-47(43,44)27-18-14-26(15-19-27)33(34,35)36/h4-6,9-10,12-19,23,29-30,38H,7-8,11,20-22H2,1-3H3,(H,37,40)(H,41,42)/t29-,30-/m0/s1. The Morgan fingerprint density at radius 1 is 0.854 bits per heavy atom. The Labute approximate surface area is 279 Å². The van der Waals surface area contributed by atoms with Gasteiger partial charge in [-0.3, -0.25) is 9.59 Å². The second-order valence-electron chi connectivity index (χ2n) is 11.8. The van der Waals surface area contributed by atoms with Crippen LogP contribution in [0.2, 0.25) is 0 Å². The van der Waals surface area contributed by atoms with Gasteiger partial charge in [-0.2, -0.15) is 22.2 Å². The monoisotopic (exact) mass is 711 g/mol. The topological polar surface area (TPSA) is 150 Å². The second kappa shape index (κ2) is 16.5. The molecule has 10 nitrogen and oxygen atoms in total. The molecule has 0 saturated heterocycles. The largest absolute Gasteiger partial charge is 0.480 e. The third kappa shape index (κ3) is 10.9. The van der Waals surface area contributed by atoms with Crippen molar-refractivity contribution < 1.29 is 44.7 Å². The van der Waals surface area contributed by atoms with Crippen molar-refractivity contribution in [2.75, 3.05) is 13.1 Å². The minimum Gasteiger partial charge on any atom is -0.480 e. The number of hydrogen-bond donors (Lipinski definition) is 3. The number of benzene rings is 3. The van der Waals surface area contributed by atoms with E-state index >= 15 is 0 Å². The van der Waals surface area contributed by atoms with Gasteiger partial charge in [0.05, 0.1) is 15.4 Å². The molecule has 0 unspecified atom stereocenters. The summed E-state index contributed by atoms with van der Waals surface area (Å²) in [6, 6.07) is 14.9. The van der Waals surface area contributed by atoms with Crippen molar-refractivity contribution in [1.29, 1.82) is 0 Å². The molecule has 1 amide bonds. The van der Waals surface area contributed by atoms with Gasteiger partial charge in [-0.25, -0.2) is 16.8 Å². The molecule has 0 heterocycles. The summed E-state index contributed by atoms with van der Waals surface area (Å²) in [7, 11) is -8.55. The molecule has 0 aliphatic rings. The number of carboxylic acids is 1. The fourth-order valence-electron chi connectivity index (χ4n) is 4.90. The van der Waals surface area contributed by atoms with E-state index in [-0.39, 0.29) is 49.6 Å². The van der Waals surface area contributed by atoms with Crippen LogP contribution < -0.4 is 10.0 Å². The van der Waals surface area contributed by atoms with Crippen LogP contribution in [0.25, 0.3) is 0 Å². The van der Waals surface area contributed by atoms with Gasteiger partial charge in [-0.1, -0.05) is 61.9 Å². The molecule has 0 bridgehead atoms. The number of nitrogens with zero attached hydrogens (tertiary/aromatic N) is 1. The van der Waals surface area contributed by atoms with E-state index < -0.39 is 60.6 Å². The van der Waals surface area contributed by atoms with Crippen molar-refractivity contribution >= 4 is 31.9 Å². The first-order valence-corrected chi connectivity index (χ1v) is 18.2. The molecule has 3 rings (SSSR count). The number of carbonyl (C=O) groups is 2. The minimum absolute atomic E-state index is 0.0181. The van der Waals surface area contributed by atoms with E-state index in [9.17, 15) is 44.7 Å². The number of hydrogen-bond acceptors (Lipinski definition) is 6. The van der Waals surface area contributed by atoms with Gasteiger partial charge in [0.1, 0.15) is 12.1 Å². The first-order valence-electron chi connectivity index (χ1n) is 15.2. The zero-order valence-electron chi connectivity index (χ0n) is 26.8. The van der Waals surface area contributed by atoms with E-state index in [0.29, 0.717) is 17.7 Å². The number of carbonyl (C=O) groups excluding carboxylic acids is 1. The van der Waals surface area contributed by atoms with Crippen molar-refractivity contribution in [2.24, 2.45) is 5.92 Å². The molecule has 3 N–H and O–H groups in total. The summed E-state index contributed by atoms with van der Waals surface area (Å²) in [6.45, 7) is 5.37. The quantitative estimate of drug-likeness (QED) is 0.167. The summed E-state index contributed by atoms with van der Waals surface area (Å²) < 4.78 is 95.4. The Bertz CT molecular complexity index is 1730. The highest BCUT2D eigenvalue weighted by atomic mass is 32.2. The van der Waals surface area contributed by atoms with Gasteiger partial charge in [-0.05, 0) is 80.5 Å². The molecule has 262 valence electrons. The predicted molar refractivity (Wildman–Crippen MR) is 174 cm³/mol. The molecule has 0 aromatic heterocycles. The maximum absolute atomic E-state index is 13.5. The van der Waals surface area contributed by atoms with Crippen LogP contribution in [-0.2, 0) is 42.2 Å². The molecular weight excluding hydrogens is 672 g/mol. The lowest BCUT2D eigenvalue weighted by Crippen LogP contribution is -2.48. The number of carboxylic acid groups (broad SMARTS) is 1. The minimum atomic E-state index is -4.65.